The molecule has 4 aromatic rings. The molecule has 0 atom stereocenters. The number of halogens is 1. The molecule has 1 fully saturated rings. The topological polar surface area (TPSA) is 144 Å². The van der Waals surface area contributed by atoms with Gasteiger partial charge >= 0.3 is 5.97 Å². The van der Waals surface area contributed by atoms with E-state index in [1.807, 2.05) is 32.0 Å². The molecule has 0 unspecified atom stereocenters. The number of anilines is 4. The largest absolute Gasteiger partial charge is 0.478 e. The van der Waals surface area contributed by atoms with Crippen molar-refractivity contribution in [2.75, 3.05) is 54.9 Å². The van der Waals surface area contributed by atoms with Crippen LogP contribution in [-0.2, 0) is 0 Å². The summed E-state index contributed by atoms with van der Waals surface area (Å²) in [5.74, 6) is 0.972. The molecule has 1 saturated heterocycles. The van der Waals surface area contributed by atoms with E-state index in [9.17, 15) is 9.59 Å². The number of benzene rings is 2. The Morgan fingerprint density at radius 2 is 1.76 bits per heavy atom. The zero-order valence-electron chi connectivity index (χ0n) is 23.2. The highest BCUT2D eigenvalue weighted by atomic mass is 35.5. The molecule has 0 bridgehead atoms. The molecule has 4 N–H and O–H groups in total. The van der Waals surface area contributed by atoms with Crippen LogP contribution in [0.1, 0.15) is 31.4 Å². The van der Waals surface area contributed by atoms with Gasteiger partial charge in [-0.25, -0.2) is 19.7 Å². The van der Waals surface area contributed by atoms with Gasteiger partial charge in [0.1, 0.15) is 22.3 Å². The summed E-state index contributed by atoms with van der Waals surface area (Å²) in [5, 5.41) is 24.6. The number of hydrogen-bond donors (Lipinski definition) is 4. The zero-order valence-corrected chi connectivity index (χ0v) is 24.8. The summed E-state index contributed by atoms with van der Waals surface area (Å²) >= 11 is 7.46. The van der Waals surface area contributed by atoms with Gasteiger partial charge < -0.3 is 25.7 Å². The van der Waals surface area contributed by atoms with Crippen LogP contribution in [0.25, 0.3) is 0 Å². The highest BCUT2D eigenvalue weighted by Crippen LogP contribution is 2.28. The Hall–Kier alpha value is -4.10. The number of aromatic carboxylic acids is 1. The third kappa shape index (κ3) is 8.46. The molecular weight excluding hydrogens is 578 g/mol. The number of nitrogens with zero attached hydrogens (tertiary/aromatic N) is 5. The number of amides is 1. The van der Waals surface area contributed by atoms with Crippen LogP contribution in [0.2, 0.25) is 5.02 Å². The van der Waals surface area contributed by atoms with Crippen molar-refractivity contribution in [3.05, 3.63) is 87.6 Å². The number of carbonyl (C=O) groups excluding carboxylic acids is 1. The molecule has 11 nitrogen and oxygen atoms in total. The number of β-amino-alcohol motifs (C(OH)–C–C–N with tert-alkyl or cyclic N) is 1. The molecule has 1 aliphatic rings. The third-order valence-electron chi connectivity index (χ3n) is 6.38. The SMILES string of the molecule is Cc1nc(Nc2ncc(C(=O)Nc3c(C)cccc3Cl)s2)cc(N2CCN(CCO)CC2)n1.O=C(O)c1ccccc1. The first-order valence-electron chi connectivity index (χ1n) is 13.2. The summed E-state index contributed by atoms with van der Waals surface area (Å²) in [6, 6.07) is 15.7. The van der Waals surface area contributed by atoms with Gasteiger partial charge in [0.2, 0.25) is 0 Å². The number of aryl methyl sites for hydroxylation is 2. The second kappa shape index (κ2) is 14.7. The van der Waals surface area contributed by atoms with Crippen LogP contribution in [0.5, 0.6) is 0 Å². The molecule has 1 amide bonds. The minimum atomic E-state index is -0.879. The first-order valence-corrected chi connectivity index (χ1v) is 14.4. The number of carboxylic acids is 1. The van der Waals surface area contributed by atoms with E-state index in [1.54, 1.807) is 36.4 Å². The molecule has 5 rings (SSSR count). The smallest absolute Gasteiger partial charge is 0.335 e. The molecule has 42 heavy (non-hydrogen) atoms. The molecule has 0 saturated carbocycles. The highest BCUT2D eigenvalue weighted by Gasteiger charge is 2.19. The van der Waals surface area contributed by atoms with Crippen molar-refractivity contribution in [1.29, 1.82) is 0 Å². The Kier molecular flexibility index (Phi) is 10.8. The lowest BCUT2D eigenvalue weighted by Crippen LogP contribution is -2.47. The maximum Gasteiger partial charge on any atom is 0.335 e. The van der Waals surface area contributed by atoms with Gasteiger partial charge in [0.05, 0.1) is 29.1 Å². The van der Waals surface area contributed by atoms with Crippen molar-refractivity contribution < 1.29 is 19.8 Å². The number of nitrogens with one attached hydrogen (secondary N) is 2. The van der Waals surface area contributed by atoms with E-state index in [-0.39, 0.29) is 12.5 Å². The van der Waals surface area contributed by atoms with Gasteiger partial charge in [-0.3, -0.25) is 9.69 Å². The second-order valence-electron chi connectivity index (χ2n) is 9.42. The Balaban J connectivity index is 0.000000385. The standard InChI is InChI=1S/C22H26ClN7O2S.C7H6O2/c1-14-4-3-5-16(23)20(14)28-21(32)17-13-24-22(33-17)27-18-12-19(26-15(2)25-18)30-8-6-29(7-9-30)10-11-31;8-7(9)6-4-2-1-3-5-6/h3-5,12-13,31H,6-11H2,1-2H3,(H,28,32)(H,24,25,26,27);1-5H,(H,8,9). The minimum Gasteiger partial charge on any atom is -0.478 e. The third-order valence-corrected chi connectivity index (χ3v) is 7.61. The summed E-state index contributed by atoms with van der Waals surface area (Å²) < 4.78 is 0. The van der Waals surface area contributed by atoms with E-state index in [4.69, 9.17) is 21.8 Å². The van der Waals surface area contributed by atoms with E-state index in [0.717, 1.165) is 37.6 Å². The number of thiazole rings is 1. The van der Waals surface area contributed by atoms with Gasteiger partial charge in [-0.15, -0.1) is 0 Å². The van der Waals surface area contributed by atoms with E-state index in [2.05, 4.69) is 35.4 Å². The van der Waals surface area contributed by atoms with Crippen LogP contribution in [0.4, 0.5) is 22.5 Å². The number of hydrogen-bond acceptors (Lipinski definition) is 10. The number of aromatic nitrogens is 3. The summed E-state index contributed by atoms with van der Waals surface area (Å²) in [4.78, 5) is 41.2. The Morgan fingerprint density at radius 3 is 2.40 bits per heavy atom. The number of aliphatic hydroxyl groups excluding tert-OH is 1. The lowest BCUT2D eigenvalue weighted by molar-refractivity contribution is 0.0696. The molecule has 2 aromatic carbocycles. The number of aliphatic hydroxyl groups is 1. The molecule has 0 radical (unpaired) electrons. The predicted octanol–water partition coefficient (Wildman–Crippen LogP) is 4.70. The van der Waals surface area contributed by atoms with Crippen molar-refractivity contribution in [3.8, 4) is 0 Å². The monoisotopic (exact) mass is 609 g/mol. The number of carboxylic acid groups (broad SMARTS) is 1. The molecule has 0 aliphatic carbocycles. The summed E-state index contributed by atoms with van der Waals surface area (Å²) in [5.41, 5.74) is 1.82. The maximum atomic E-state index is 12.7. The van der Waals surface area contributed by atoms with E-state index in [1.165, 1.54) is 17.5 Å². The van der Waals surface area contributed by atoms with Gasteiger partial charge in [-0.2, -0.15) is 0 Å². The van der Waals surface area contributed by atoms with Crippen LogP contribution < -0.4 is 15.5 Å². The van der Waals surface area contributed by atoms with Gasteiger partial charge in [-0.1, -0.05) is 53.3 Å². The fraction of sp³-hybridized carbons (Fsp3) is 0.276. The average molecular weight is 610 g/mol. The van der Waals surface area contributed by atoms with E-state index in [0.29, 0.717) is 44.5 Å². The van der Waals surface area contributed by atoms with Crippen molar-refractivity contribution in [3.63, 3.8) is 0 Å². The molecule has 1 aliphatic heterocycles. The molecule has 220 valence electrons. The molecule has 2 aromatic heterocycles. The van der Waals surface area contributed by atoms with Crippen molar-refractivity contribution in [2.24, 2.45) is 0 Å². The number of rotatable bonds is 8. The lowest BCUT2D eigenvalue weighted by Gasteiger charge is -2.35. The van der Waals surface area contributed by atoms with Crippen LogP contribution in [0.15, 0.2) is 60.8 Å². The van der Waals surface area contributed by atoms with Crippen molar-refractivity contribution in [2.45, 2.75) is 13.8 Å². The van der Waals surface area contributed by atoms with Crippen LogP contribution in [0, 0.1) is 13.8 Å². The van der Waals surface area contributed by atoms with Gasteiger partial charge in [0.15, 0.2) is 5.13 Å². The lowest BCUT2D eigenvalue weighted by atomic mass is 10.2. The molecule has 13 heteroatoms. The Labute approximate surface area is 252 Å². The summed E-state index contributed by atoms with van der Waals surface area (Å²) in [6.45, 7) is 8.03. The van der Waals surface area contributed by atoms with E-state index >= 15 is 0 Å². The van der Waals surface area contributed by atoms with Gasteiger partial charge in [0.25, 0.3) is 5.91 Å². The number of para-hydroxylation sites is 1. The van der Waals surface area contributed by atoms with Gasteiger partial charge in [-0.05, 0) is 37.6 Å². The fourth-order valence-electron chi connectivity index (χ4n) is 4.21. The van der Waals surface area contributed by atoms with Crippen LogP contribution >= 0.6 is 22.9 Å². The van der Waals surface area contributed by atoms with Crippen LogP contribution in [0.3, 0.4) is 0 Å². The molecule has 3 heterocycles. The van der Waals surface area contributed by atoms with Crippen molar-refractivity contribution >= 4 is 57.3 Å². The van der Waals surface area contributed by atoms with Crippen molar-refractivity contribution in [1.82, 2.24) is 19.9 Å². The normalized spacial score (nSPS) is 13.2. The predicted molar refractivity (Wildman–Crippen MR) is 165 cm³/mol. The molecule has 0 spiro atoms. The minimum absolute atomic E-state index is 0.173. The second-order valence-corrected chi connectivity index (χ2v) is 10.9. The van der Waals surface area contributed by atoms with Crippen LogP contribution in [-0.4, -0.2) is 81.3 Å². The fourth-order valence-corrected chi connectivity index (χ4v) is 5.20. The van der Waals surface area contributed by atoms with Gasteiger partial charge in [0, 0.05) is 38.8 Å². The van der Waals surface area contributed by atoms with E-state index < -0.39 is 5.97 Å². The Morgan fingerprint density at radius 1 is 1.02 bits per heavy atom. The Bertz CT molecular complexity index is 1490. The highest BCUT2D eigenvalue weighted by molar-refractivity contribution is 7.17. The number of carbonyl (C=O) groups is 2. The first kappa shape index (κ1) is 30.8. The number of piperazine rings is 1. The average Bonchev–Trinajstić information content (AvgIpc) is 3.45. The maximum absolute atomic E-state index is 12.7. The zero-order chi connectivity index (χ0) is 30.1. The molecular formula is C29H32ClN7O4S. The first-order chi connectivity index (χ1) is 20.2. The quantitative estimate of drug-likeness (QED) is 0.222. The summed E-state index contributed by atoms with van der Waals surface area (Å²) in [6.07, 6.45) is 1.53. The summed E-state index contributed by atoms with van der Waals surface area (Å²) in [7, 11) is 0.